The average molecular weight is 292 g/mol. The van der Waals surface area contributed by atoms with Gasteiger partial charge in [-0.05, 0) is 79.3 Å². The van der Waals surface area contributed by atoms with Gasteiger partial charge >= 0.3 is 0 Å². The van der Waals surface area contributed by atoms with E-state index in [9.17, 15) is 5.11 Å². The number of hydrogen-bond donors (Lipinski definition) is 1. The fourth-order valence-electron chi connectivity index (χ4n) is 2.95. The third kappa shape index (κ3) is 2.93. The van der Waals surface area contributed by atoms with Gasteiger partial charge in [0.1, 0.15) is 5.75 Å². The van der Waals surface area contributed by atoms with Gasteiger partial charge in [0.15, 0.2) is 0 Å². The number of nitrogens with zero attached hydrogens (tertiary/aromatic N) is 2. The van der Waals surface area contributed by atoms with E-state index < -0.39 is 0 Å². The lowest BCUT2D eigenvalue weighted by Gasteiger charge is -2.17. The summed E-state index contributed by atoms with van der Waals surface area (Å²) in [5, 5.41) is 9.70. The molecule has 3 heteroatoms. The van der Waals surface area contributed by atoms with Gasteiger partial charge in [-0.3, -0.25) is 9.98 Å². The van der Waals surface area contributed by atoms with Crippen molar-refractivity contribution >= 4 is 11.8 Å². The number of aromatic nitrogens is 1. The second kappa shape index (κ2) is 6.14. The molecule has 3 rings (SSSR count). The Bertz CT molecular complexity index is 722. The summed E-state index contributed by atoms with van der Waals surface area (Å²) in [6.45, 7) is 4.93. The van der Waals surface area contributed by atoms with Crippen molar-refractivity contribution in [3.8, 4) is 5.75 Å². The summed E-state index contributed by atoms with van der Waals surface area (Å²) in [5.41, 5.74) is 6.71. The van der Waals surface area contributed by atoms with Crippen LogP contribution in [0.3, 0.4) is 0 Å². The minimum atomic E-state index is 0.321. The molecule has 0 saturated carbocycles. The largest absolute Gasteiger partial charge is 0.508 e. The molecule has 1 aliphatic rings. The zero-order valence-corrected chi connectivity index (χ0v) is 13.0. The molecule has 0 bridgehead atoms. The first-order valence-corrected chi connectivity index (χ1v) is 7.61. The van der Waals surface area contributed by atoms with E-state index in [1.165, 1.54) is 11.1 Å². The van der Waals surface area contributed by atoms with Crippen molar-refractivity contribution in [1.29, 1.82) is 0 Å². The van der Waals surface area contributed by atoms with Gasteiger partial charge in [0.2, 0.25) is 0 Å². The van der Waals surface area contributed by atoms with Crippen molar-refractivity contribution < 1.29 is 5.11 Å². The normalized spacial score (nSPS) is 16.6. The summed E-state index contributed by atoms with van der Waals surface area (Å²) >= 11 is 0. The quantitative estimate of drug-likeness (QED) is 0.907. The Morgan fingerprint density at radius 3 is 2.64 bits per heavy atom. The van der Waals surface area contributed by atoms with Gasteiger partial charge < -0.3 is 5.11 Å². The Morgan fingerprint density at radius 1 is 1.18 bits per heavy atom. The molecule has 0 saturated heterocycles. The molecule has 1 aliphatic heterocycles. The SMILES string of the molecule is Cc1cc(O)cc(C)c1/C=C1\CCCN=C1c1cccnc1. The van der Waals surface area contributed by atoms with E-state index >= 15 is 0 Å². The monoisotopic (exact) mass is 292 g/mol. The van der Waals surface area contributed by atoms with Gasteiger partial charge in [0, 0.05) is 24.5 Å². The van der Waals surface area contributed by atoms with Gasteiger partial charge in [-0.15, -0.1) is 0 Å². The Kier molecular flexibility index (Phi) is 4.05. The second-order valence-electron chi connectivity index (χ2n) is 5.74. The topological polar surface area (TPSA) is 45.5 Å². The summed E-state index contributed by atoms with van der Waals surface area (Å²) in [4.78, 5) is 8.92. The fourth-order valence-corrected chi connectivity index (χ4v) is 2.95. The number of aliphatic imine (C=N–C) groups is 1. The van der Waals surface area contributed by atoms with Crippen LogP contribution >= 0.6 is 0 Å². The molecule has 2 heterocycles. The molecule has 1 N–H and O–H groups in total. The van der Waals surface area contributed by atoms with Crippen molar-refractivity contribution in [1.82, 2.24) is 4.98 Å². The summed E-state index contributed by atoms with van der Waals surface area (Å²) in [7, 11) is 0. The van der Waals surface area contributed by atoms with Gasteiger partial charge in [-0.1, -0.05) is 0 Å². The summed E-state index contributed by atoms with van der Waals surface area (Å²) < 4.78 is 0. The zero-order valence-electron chi connectivity index (χ0n) is 13.0. The highest BCUT2D eigenvalue weighted by Crippen LogP contribution is 2.27. The highest BCUT2D eigenvalue weighted by molar-refractivity contribution is 6.15. The molecule has 22 heavy (non-hydrogen) atoms. The lowest BCUT2D eigenvalue weighted by Crippen LogP contribution is -2.12. The smallest absolute Gasteiger partial charge is 0.116 e. The van der Waals surface area contributed by atoms with Crippen molar-refractivity contribution in [3.63, 3.8) is 0 Å². The molecular weight excluding hydrogens is 272 g/mol. The molecule has 1 aromatic heterocycles. The zero-order chi connectivity index (χ0) is 15.5. The number of aromatic hydroxyl groups is 1. The van der Waals surface area contributed by atoms with E-state index in [0.29, 0.717) is 5.75 Å². The number of rotatable bonds is 2. The molecule has 0 atom stereocenters. The van der Waals surface area contributed by atoms with Gasteiger partial charge in [-0.25, -0.2) is 0 Å². The van der Waals surface area contributed by atoms with Crippen LogP contribution < -0.4 is 0 Å². The van der Waals surface area contributed by atoms with Crippen molar-refractivity contribution in [2.45, 2.75) is 26.7 Å². The lowest BCUT2D eigenvalue weighted by molar-refractivity contribution is 0.474. The van der Waals surface area contributed by atoms with Crippen LogP contribution in [0.5, 0.6) is 5.75 Å². The maximum Gasteiger partial charge on any atom is 0.116 e. The maximum atomic E-state index is 9.70. The lowest BCUT2D eigenvalue weighted by atomic mass is 9.92. The van der Waals surface area contributed by atoms with E-state index in [1.54, 1.807) is 6.20 Å². The molecule has 1 aromatic carbocycles. The van der Waals surface area contributed by atoms with Gasteiger partial charge in [0.05, 0.1) is 5.71 Å². The van der Waals surface area contributed by atoms with Crippen LogP contribution in [0.1, 0.15) is 35.1 Å². The molecule has 3 nitrogen and oxygen atoms in total. The fraction of sp³-hybridized carbons (Fsp3) is 0.263. The highest BCUT2D eigenvalue weighted by atomic mass is 16.3. The maximum absolute atomic E-state index is 9.70. The van der Waals surface area contributed by atoms with Crippen LogP contribution in [-0.4, -0.2) is 22.3 Å². The second-order valence-corrected chi connectivity index (χ2v) is 5.74. The number of pyridine rings is 1. The predicted octanol–water partition coefficient (Wildman–Crippen LogP) is 4.07. The minimum Gasteiger partial charge on any atom is -0.508 e. The van der Waals surface area contributed by atoms with Crippen LogP contribution in [0.25, 0.3) is 6.08 Å². The average Bonchev–Trinajstić information content (AvgIpc) is 2.52. The number of aryl methyl sites for hydroxylation is 2. The predicted molar refractivity (Wildman–Crippen MR) is 90.4 cm³/mol. The standard InChI is InChI=1S/C19H20N2O/c1-13-9-17(22)10-14(2)18(13)11-15-5-4-8-21-19(15)16-6-3-7-20-12-16/h3,6-7,9-12,22H,4-5,8H2,1-2H3/b15-11+. The van der Waals surface area contributed by atoms with Crippen molar-refractivity contribution in [3.05, 3.63) is 64.5 Å². The number of hydrogen-bond acceptors (Lipinski definition) is 3. The first-order chi connectivity index (χ1) is 10.6. The van der Waals surface area contributed by atoms with E-state index in [2.05, 4.69) is 17.1 Å². The highest BCUT2D eigenvalue weighted by Gasteiger charge is 2.15. The first-order valence-electron chi connectivity index (χ1n) is 7.61. The molecule has 112 valence electrons. The third-order valence-corrected chi connectivity index (χ3v) is 4.01. The van der Waals surface area contributed by atoms with Crippen LogP contribution in [0.4, 0.5) is 0 Å². The van der Waals surface area contributed by atoms with Crippen molar-refractivity contribution in [2.24, 2.45) is 4.99 Å². The molecule has 2 aromatic rings. The molecule has 0 aliphatic carbocycles. The Morgan fingerprint density at radius 2 is 1.95 bits per heavy atom. The van der Waals surface area contributed by atoms with Crippen LogP contribution in [0.2, 0.25) is 0 Å². The number of phenols is 1. The molecular formula is C19H20N2O. The summed E-state index contributed by atoms with van der Waals surface area (Å²) in [5.74, 6) is 0.321. The molecule has 0 amide bonds. The van der Waals surface area contributed by atoms with Gasteiger partial charge in [-0.2, -0.15) is 0 Å². The molecule has 0 fully saturated rings. The van der Waals surface area contributed by atoms with Crippen molar-refractivity contribution in [2.75, 3.05) is 6.54 Å². The third-order valence-electron chi connectivity index (χ3n) is 4.01. The van der Waals surface area contributed by atoms with Gasteiger partial charge in [0.25, 0.3) is 0 Å². The first kappa shape index (κ1) is 14.5. The Balaban J connectivity index is 2.06. The minimum absolute atomic E-state index is 0.321. The van der Waals surface area contributed by atoms with E-state index in [4.69, 9.17) is 4.99 Å². The summed E-state index contributed by atoms with van der Waals surface area (Å²) in [6.07, 6.45) is 7.97. The van der Waals surface area contributed by atoms with Crippen LogP contribution in [0.15, 0.2) is 47.2 Å². The van der Waals surface area contributed by atoms with E-state index in [1.807, 2.05) is 38.2 Å². The molecule has 0 radical (unpaired) electrons. The number of allylic oxidation sites excluding steroid dienone is 1. The Hall–Kier alpha value is -2.42. The van der Waals surface area contributed by atoms with Crippen LogP contribution in [-0.2, 0) is 0 Å². The number of benzene rings is 1. The summed E-state index contributed by atoms with van der Waals surface area (Å²) in [6, 6.07) is 7.62. The van der Waals surface area contributed by atoms with Crippen LogP contribution in [0, 0.1) is 13.8 Å². The van der Waals surface area contributed by atoms with E-state index in [-0.39, 0.29) is 0 Å². The molecule has 0 spiro atoms. The molecule has 0 unspecified atom stereocenters. The Labute approximate surface area is 131 Å². The number of phenolic OH excluding ortho intramolecular Hbond substituents is 1. The van der Waals surface area contributed by atoms with E-state index in [0.717, 1.165) is 41.8 Å².